The van der Waals surface area contributed by atoms with E-state index >= 15 is 0 Å². The molecule has 0 bridgehead atoms. The third-order valence-electron chi connectivity index (χ3n) is 2.80. The Kier molecular flexibility index (Phi) is 2.86. The fraction of sp³-hybridized carbons (Fsp3) is 0.875. The third-order valence-corrected chi connectivity index (χ3v) is 2.80. The van der Waals surface area contributed by atoms with Gasteiger partial charge in [0.25, 0.3) is 0 Å². The SMILES string of the molecule is C/C(=N\[C@@]12N[C@H]1O[C@H](CO)[C@@H](O)[C@@H]2O)OO. The molecule has 0 saturated carbocycles. The Morgan fingerprint density at radius 3 is 2.81 bits per heavy atom. The Hall–Kier alpha value is -0.770. The topological polar surface area (TPSA) is 134 Å². The molecule has 92 valence electrons. The van der Waals surface area contributed by atoms with Crippen LogP contribution in [0.25, 0.3) is 0 Å². The van der Waals surface area contributed by atoms with Gasteiger partial charge in [-0.2, -0.15) is 0 Å². The standard InChI is InChI=1S/C8H14N2O6/c1-3(16-14)9-8-6(13)5(12)4(2-11)15-7(8)10-8/h4-7,10-14H,2H2,1H3/b9-3+/t4-,5-,6+,7+,8+/m1/s1. The number of rotatable bonds is 2. The maximum Gasteiger partial charge on any atom is 0.226 e. The van der Waals surface area contributed by atoms with E-state index in [4.69, 9.17) is 15.1 Å². The maximum absolute atomic E-state index is 9.84. The molecule has 8 heteroatoms. The van der Waals surface area contributed by atoms with Crippen LogP contribution in [0.3, 0.4) is 0 Å². The van der Waals surface area contributed by atoms with Crippen LogP contribution in [0, 0.1) is 0 Å². The van der Waals surface area contributed by atoms with E-state index in [-0.39, 0.29) is 5.90 Å². The van der Waals surface area contributed by atoms with Gasteiger partial charge in [-0.1, -0.05) is 0 Å². The average Bonchev–Trinajstić information content (AvgIpc) is 2.98. The molecular formula is C8H14N2O6. The van der Waals surface area contributed by atoms with Gasteiger partial charge in [-0.3, -0.25) is 5.32 Å². The Labute approximate surface area is 91.1 Å². The first kappa shape index (κ1) is 11.7. The first-order chi connectivity index (χ1) is 7.55. The number of nitrogens with one attached hydrogen (secondary N) is 1. The van der Waals surface area contributed by atoms with Crippen LogP contribution in [0.1, 0.15) is 6.92 Å². The molecule has 0 unspecified atom stereocenters. The molecule has 2 fully saturated rings. The second-order valence-corrected chi connectivity index (χ2v) is 3.86. The van der Waals surface area contributed by atoms with Gasteiger partial charge in [-0.15, -0.1) is 0 Å². The molecule has 0 radical (unpaired) electrons. The molecule has 0 aromatic carbocycles. The Morgan fingerprint density at radius 2 is 2.25 bits per heavy atom. The van der Waals surface area contributed by atoms with Gasteiger partial charge in [0, 0.05) is 6.92 Å². The molecule has 0 aliphatic carbocycles. The van der Waals surface area contributed by atoms with Crippen molar-refractivity contribution < 1.29 is 30.2 Å². The lowest BCUT2D eigenvalue weighted by atomic mass is 9.98. The normalized spacial score (nSPS) is 47.4. The van der Waals surface area contributed by atoms with Crippen LogP contribution in [0.2, 0.25) is 0 Å². The van der Waals surface area contributed by atoms with E-state index in [1.807, 2.05) is 0 Å². The van der Waals surface area contributed by atoms with Crippen molar-refractivity contribution in [3.63, 3.8) is 0 Å². The van der Waals surface area contributed by atoms with Crippen molar-refractivity contribution in [3.8, 4) is 0 Å². The van der Waals surface area contributed by atoms with Crippen molar-refractivity contribution in [2.45, 2.75) is 37.1 Å². The highest BCUT2D eigenvalue weighted by molar-refractivity contribution is 5.73. The molecule has 2 saturated heterocycles. The number of hydrogen-bond acceptors (Lipinski definition) is 8. The van der Waals surface area contributed by atoms with E-state index in [1.54, 1.807) is 0 Å². The summed E-state index contributed by atoms with van der Waals surface area (Å²) in [7, 11) is 0. The zero-order valence-corrected chi connectivity index (χ0v) is 8.57. The number of aliphatic imine (C=N–C) groups is 1. The summed E-state index contributed by atoms with van der Waals surface area (Å²) < 4.78 is 5.23. The maximum atomic E-state index is 9.84. The lowest BCUT2D eigenvalue weighted by Crippen LogP contribution is -2.54. The number of fused-ring (bicyclic) bond motifs is 1. The zero-order chi connectivity index (χ0) is 11.9. The van der Waals surface area contributed by atoms with Crippen LogP contribution in [-0.4, -0.2) is 63.3 Å². The predicted octanol–water partition coefficient (Wildman–Crippen LogP) is -2.37. The minimum absolute atomic E-state index is 0.0627. The molecule has 5 atom stereocenters. The molecule has 0 spiro atoms. The minimum atomic E-state index is -1.26. The third kappa shape index (κ3) is 1.59. The lowest BCUT2D eigenvalue weighted by Gasteiger charge is -2.32. The van der Waals surface area contributed by atoms with Crippen molar-refractivity contribution in [1.29, 1.82) is 0 Å². The fourth-order valence-corrected chi connectivity index (χ4v) is 1.85. The average molecular weight is 234 g/mol. The second-order valence-electron chi connectivity index (χ2n) is 3.86. The summed E-state index contributed by atoms with van der Waals surface area (Å²) in [6, 6.07) is 0. The van der Waals surface area contributed by atoms with E-state index < -0.39 is 36.8 Å². The van der Waals surface area contributed by atoms with E-state index in [9.17, 15) is 10.2 Å². The summed E-state index contributed by atoms with van der Waals surface area (Å²) in [4.78, 5) is 7.77. The van der Waals surface area contributed by atoms with Gasteiger partial charge in [-0.25, -0.2) is 10.2 Å². The van der Waals surface area contributed by atoms with Crippen molar-refractivity contribution in [2.75, 3.05) is 6.61 Å². The Morgan fingerprint density at radius 1 is 1.56 bits per heavy atom. The first-order valence-corrected chi connectivity index (χ1v) is 4.83. The number of aliphatic hydroxyl groups excluding tert-OH is 3. The van der Waals surface area contributed by atoms with Gasteiger partial charge in [0.05, 0.1) is 6.61 Å². The van der Waals surface area contributed by atoms with Crippen molar-refractivity contribution in [2.24, 2.45) is 4.99 Å². The highest BCUT2D eigenvalue weighted by Gasteiger charge is 2.67. The number of ether oxygens (including phenoxy) is 1. The second kappa shape index (κ2) is 3.91. The van der Waals surface area contributed by atoms with Crippen LogP contribution in [0.4, 0.5) is 0 Å². The van der Waals surface area contributed by atoms with Crippen molar-refractivity contribution >= 4 is 5.90 Å². The van der Waals surface area contributed by atoms with E-state index in [0.29, 0.717) is 0 Å². The molecule has 0 aromatic rings. The molecule has 8 nitrogen and oxygen atoms in total. The molecule has 5 N–H and O–H groups in total. The van der Waals surface area contributed by atoms with E-state index in [0.717, 1.165) is 0 Å². The molecule has 2 rings (SSSR count). The van der Waals surface area contributed by atoms with Gasteiger partial charge in [0.15, 0.2) is 11.9 Å². The van der Waals surface area contributed by atoms with Crippen LogP contribution in [0.15, 0.2) is 4.99 Å². The monoisotopic (exact) mass is 234 g/mol. The van der Waals surface area contributed by atoms with Gasteiger partial charge in [-0.05, 0) is 0 Å². The predicted molar refractivity (Wildman–Crippen MR) is 50.4 cm³/mol. The van der Waals surface area contributed by atoms with E-state index in [1.165, 1.54) is 6.92 Å². The highest BCUT2D eigenvalue weighted by atomic mass is 17.1. The minimum Gasteiger partial charge on any atom is -0.394 e. The summed E-state index contributed by atoms with van der Waals surface area (Å²) in [5, 5.41) is 39.5. The zero-order valence-electron chi connectivity index (χ0n) is 8.57. The van der Waals surface area contributed by atoms with Gasteiger partial charge in [0.1, 0.15) is 18.3 Å². The van der Waals surface area contributed by atoms with Crippen molar-refractivity contribution in [1.82, 2.24) is 5.32 Å². The summed E-state index contributed by atoms with van der Waals surface area (Å²) in [5.74, 6) is -0.0627. The highest BCUT2D eigenvalue weighted by Crippen LogP contribution is 2.40. The molecule has 2 aliphatic rings. The van der Waals surface area contributed by atoms with Gasteiger partial charge >= 0.3 is 0 Å². The van der Waals surface area contributed by atoms with Crippen LogP contribution >= 0.6 is 0 Å². The molecular weight excluding hydrogens is 220 g/mol. The summed E-state index contributed by atoms with van der Waals surface area (Å²) in [6.07, 6.45) is -3.96. The lowest BCUT2D eigenvalue weighted by molar-refractivity contribution is -0.165. The Bertz CT molecular complexity index is 311. The van der Waals surface area contributed by atoms with Crippen LogP contribution < -0.4 is 5.32 Å². The summed E-state index contributed by atoms with van der Waals surface area (Å²) >= 11 is 0. The van der Waals surface area contributed by atoms with E-state index in [2.05, 4.69) is 15.2 Å². The number of nitrogens with zero attached hydrogens (tertiary/aromatic N) is 1. The van der Waals surface area contributed by atoms with Crippen molar-refractivity contribution in [3.05, 3.63) is 0 Å². The molecule has 0 amide bonds. The van der Waals surface area contributed by atoms with Gasteiger partial charge < -0.3 is 24.9 Å². The number of hydrogen-bond donors (Lipinski definition) is 5. The number of aliphatic hydroxyl groups is 3. The molecule has 2 aliphatic heterocycles. The first-order valence-electron chi connectivity index (χ1n) is 4.83. The largest absolute Gasteiger partial charge is 0.394 e. The molecule has 16 heavy (non-hydrogen) atoms. The summed E-state index contributed by atoms with van der Waals surface area (Å²) in [5.41, 5.74) is -1.20. The van der Waals surface area contributed by atoms with Crippen LogP contribution in [-0.2, 0) is 9.62 Å². The fourth-order valence-electron chi connectivity index (χ4n) is 1.85. The van der Waals surface area contributed by atoms with Crippen LogP contribution in [0.5, 0.6) is 0 Å². The quantitative estimate of drug-likeness (QED) is 0.118. The Balaban J connectivity index is 2.17. The smallest absolute Gasteiger partial charge is 0.226 e. The molecule has 2 heterocycles. The summed E-state index contributed by atoms with van der Waals surface area (Å²) in [6.45, 7) is 0.995. The molecule has 0 aromatic heterocycles. The van der Waals surface area contributed by atoms with Gasteiger partial charge in [0.2, 0.25) is 5.90 Å².